The molecule has 0 radical (unpaired) electrons. The van der Waals surface area contributed by atoms with Crippen molar-refractivity contribution in [1.82, 2.24) is 10.2 Å². The summed E-state index contributed by atoms with van der Waals surface area (Å²) in [6.45, 7) is 4.45. The van der Waals surface area contributed by atoms with Crippen LogP contribution in [0.4, 0.5) is 0 Å². The second kappa shape index (κ2) is 9.97. The molecule has 1 aromatic heterocycles. The topological polar surface area (TPSA) is 67.9 Å². The zero-order valence-electron chi connectivity index (χ0n) is 16.2. The van der Waals surface area contributed by atoms with Crippen molar-refractivity contribution in [2.24, 2.45) is 0 Å². The molecule has 0 fully saturated rings. The first-order chi connectivity index (χ1) is 13.0. The van der Waals surface area contributed by atoms with E-state index in [4.69, 9.17) is 9.47 Å². The minimum atomic E-state index is -0.311. The van der Waals surface area contributed by atoms with Crippen LogP contribution in [0.1, 0.15) is 36.8 Å². The molecule has 146 valence electrons. The van der Waals surface area contributed by atoms with Crippen molar-refractivity contribution in [3.8, 4) is 11.5 Å². The first kappa shape index (κ1) is 20.8. The number of nitrogens with one attached hydrogen (secondary N) is 1. The lowest BCUT2D eigenvalue weighted by molar-refractivity contribution is -0.132. The average molecular weight is 391 g/mol. The fraction of sp³-hybridized carbons (Fsp3) is 0.400. The Morgan fingerprint density at radius 1 is 1.19 bits per heavy atom. The number of carbonyl (C=O) groups excluding carboxylic acids is 2. The quantitative estimate of drug-likeness (QED) is 0.713. The van der Waals surface area contributed by atoms with Crippen LogP contribution in [0.15, 0.2) is 35.7 Å². The molecule has 0 saturated heterocycles. The molecule has 2 amide bonds. The van der Waals surface area contributed by atoms with E-state index in [9.17, 15) is 9.59 Å². The molecule has 1 atom stereocenters. The van der Waals surface area contributed by atoms with Gasteiger partial charge in [-0.05, 0) is 36.1 Å². The summed E-state index contributed by atoms with van der Waals surface area (Å²) < 4.78 is 10.6. The van der Waals surface area contributed by atoms with Gasteiger partial charge in [0.25, 0.3) is 0 Å². The van der Waals surface area contributed by atoms with Gasteiger partial charge in [0, 0.05) is 24.9 Å². The number of ether oxygens (including phenoxy) is 2. The van der Waals surface area contributed by atoms with Crippen molar-refractivity contribution in [1.29, 1.82) is 0 Å². The Labute approximate surface area is 164 Å². The molecular weight excluding hydrogens is 364 g/mol. The van der Waals surface area contributed by atoms with Gasteiger partial charge in [-0.3, -0.25) is 9.59 Å². The molecule has 0 saturated carbocycles. The summed E-state index contributed by atoms with van der Waals surface area (Å²) >= 11 is 1.53. The Kier molecular flexibility index (Phi) is 7.67. The highest BCUT2D eigenvalue weighted by Crippen LogP contribution is 2.28. The SMILES string of the molecule is CCN(Cc1ccc(OC)c(OC)c1)C(=O)CC(NC(C)=O)c1cccs1. The van der Waals surface area contributed by atoms with Gasteiger partial charge in [0.2, 0.25) is 11.8 Å². The predicted octanol–water partition coefficient (Wildman–Crippen LogP) is 3.38. The van der Waals surface area contributed by atoms with E-state index in [0.29, 0.717) is 24.6 Å². The minimum absolute atomic E-state index is 0.0144. The summed E-state index contributed by atoms with van der Waals surface area (Å²) in [6, 6.07) is 9.16. The van der Waals surface area contributed by atoms with Gasteiger partial charge in [-0.15, -0.1) is 11.3 Å². The van der Waals surface area contributed by atoms with E-state index in [2.05, 4.69) is 5.32 Å². The third-order valence-electron chi connectivity index (χ3n) is 4.20. The van der Waals surface area contributed by atoms with Crippen molar-refractivity contribution in [2.45, 2.75) is 32.9 Å². The van der Waals surface area contributed by atoms with Gasteiger partial charge in [0.05, 0.1) is 26.7 Å². The highest BCUT2D eigenvalue weighted by Gasteiger charge is 2.22. The average Bonchev–Trinajstić information content (AvgIpc) is 3.19. The molecule has 0 aliphatic heterocycles. The summed E-state index contributed by atoms with van der Waals surface area (Å²) in [5.74, 6) is 1.12. The molecule has 27 heavy (non-hydrogen) atoms. The summed E-state index contributed by atoms with van der Waals surface area (Å²) in [7, 11) is 3.18. The summed E-state index contributed by atoms with van der Waals surface area (Å²) in [5, 5.41) is 4.82. The normalized spacial score (nSPS) is 11.6. The molecule has 0 spiro atoms. The van der Waals surface area contributed by atoms with Gasteiger partial charge in [-0.25, -0.2) is 0 Å². The van der Waals surface area contributed by atoms with E-state index in [-0.39, 0.29) is 24.3 Å². The van der Waals surface area contributed by atoms with Gasteiger partial charge < -0.3 is 19.7 Å². The van der Waals surface area contributed by atoms with Crippen LogP contribution in [-0.2, 0) is 16.1 Å². The van der Waals surface area contributed by atoms with Gasteiger partial charge >= 0.3 is 0 Å². The highest BCUT2D eigenvalue weighted by atomic mass is 32.1. The van der Waals surface area contributed by atoms with Crippen LogP contribution in [0.25, 0.3) is 0 Å². The third kappa shape index (κ3) is 5.72. The number of hydrogen-bond acceptors (Lipinski definition) is 5. The van der Waals surface area contributed by atoms with Crippen LogP contribution in [0, 0.1) is 0 Å². The second-order valence-corrected chi connectivity index (χ2v) is 7.05. The van der Waals surface area contributed by atoms with Crippen LogP contribution < -0.4 is 14.8 Å². The van der Waals surface area contributed by atoms with E-state index in [1.165, 1.54) is 18.3 Å². The van der Waals surface area contributed by atoms with Crippen molar-refractivity contribution in [3.63, 3.8) is 0 Å². The molecule has 1 N–H and O–H groups in total. The lowest BCUT2D eigenvalue weighted by atomic mass is 10.1. The Bertz CT molecular complexity index is 761. The maximum Gasteiger partial charge on any atom is 0.225 e. The van der Waals surface area contributed by atoms with E-state index < -0.39 is 0 Å². The number of methoxy groups -OCH3 is 2. The molecule has 2 aromatic rings. The van der Waals surface area contributed by atoms with Gasteiger partial charge in [-0.1, -0.05) is 12.1 Å². The Morgan fingerprint density at radius 3 is 2.48 bits per heavy atom. The van der Waals surface area contributed by atoms with Crippen LogP contribution in [0.5, 0.6) is 11.5 Å². The van der Waals surface area contributed by atoms with Gasteiger partial charge in [-0.2, -0.15) is 0 Å². The lowest BCUT2D eigenvalue weighted by Crippen LogP contribution is -2.35. The smallest absolute Gasteiger partial charge is 0.225 e. The summed E-state index contributed by atoms with van der Waals surface area (Å²) in [6.07, 6.45) is 0.223. The summed E-state index contributed by atoms with van der Waals surface area (Å²) in [5.41, 5.74) is 0.954. The lowest BCUT2D eigenvalue weighted by Gasteiger charge is -2.24. The minimum Gasteiger partial charge on any atom is -0.493 e. The molecule has 6 nitrogen and oxygen atoms in total. The Hall–Kier alpha value is -2.54. The maximum atomic E-state index is 12.9. The largest absolute Gasteiger partial charge is 0.493 e. The Balaban J connectivity index is 2.11. The molecule has 1 unspecified atom stereocenters. The number of hydrogen-bond donors (Lipinski definition) is 1. The molecule has 7 heteroatoms. The predicted molar refractivity (Wildman–Crippen MR) is 106 cm³/mol. The number of thiophene rings is 1. The first-order valence-electron chi connectivity index (χ1n) is 8.77. The van der Waals surface area contributed by atoms with E-state index in [1.54, 1.807) is 19.1 Å². The number of rotatable bonds is 9. The molecule has 1 heterocycles. The third-order valence-corrected chi connectivity index (χ3v) is 5.18. The number of nitrogens with zero attached hydrogens (tertiary/aromatic N) is 1. The summed E-state index contributed by atoms with van der Waals surface area (Å²) in [4.78, 5) is 27.1. The molecule has 0 bridgehead atoms. The van der Waals surface area contributed by atoms with Crippen molar-refractivity contribution in [3.05, 3.63) is 46.2 Å². The maximum absolute atomic E-state index is 12.9. The molecular formula is C20H26N2O4S. The van der Waals surface area contributed by atoms with Crippen molar-refractivity contribution in [2.75, 3.05) is 20.8 Å². The fourth-order valence-electron chi connectivity index (χ4n) is 2.84. The molecule has 0 aliphatic carbocycles. The number of amides is 2. The first-order valence-corrected chi connectivity index (χ1v) is 9.65. The second-order valence-electron chi connectivity index (χ2n) is 6.07. The van der Waals surface area contributed by atoms with E-state index in [0.717, 1.165) is 10.4 Å². The van der Waals surface area contributed by atoms with Crippen LogP contribution in [0.2, 0.25) is 0 Å². The van der Waals surface area contributed by atoms with Crippen LogP contribution >= 0.6 is 11.3 Å². The van der Waals surface area contributed by atoms with Crippen molar-refractivity contribution < 1.29 is 19.1 Å². The van der Waals surface area contributed by atoms with Gasteiger partial charge in [0.1, 0.15) is 0 Å². The number of carbonyl (C=O) groups is 2. The fourth-order valence-corrected chi connectivity index (χ4v) is 3.62. The standard InChI is InChI=1S/C20H26N2O4S/c1-5-22(13-15-8-9-17(25-3)18(11-15)26-4)20(24)12-16(21-14(2)23)19-7-6-10-27-19/h6-11,16H,5,12-13H2,1-4H3,(H,21,23). The highest BCUT2D eigenvalue weighted by molar-refractivity contribution is 7.10. The molecule has 2 rings (SSSR count). The number of benzene rings is 1. The van der Waals surface area contributed by atoms with E-state index >= 15 is 0 Å². The van der Waals surface area contributed by atoms with Gasteiger partial charge in [0.15, 0.2) is 11.5 Å². The van der Waals surface area contributed by atoms with Crippen LogP contribution in [0.3, 0.4) is 0 Å². The molecule has 0 aliphatic rings. The van der Waals surface area contributed by atoms with Crippen LogP contribution in [-0.4, -0.2) is 37.5 Å². The monoisotopic (exact) mass is 390 g/mol. The Morgan fingerprint density at radius 2 is 1.93 bits per heavy atom. The molecule has 1 aromatic carbocycles. The zero-order valence-corrected chi connectivity index (χ0v) is 17.0. The van der Waals surface area contributed by atoms with Crippen molar-refractivity contribution >= 4 is 23.2 Å². The zero-order chi connectivity index (χ0) is 19.8. The van der Waals surface area contributed by atoms with E-state index in [1.807, 2.05) is 42.6 Å².